The molecule has 0 aromatic heterocycles. The van der Waals surface area contributed by atoms with E-state index in [4.69, 9.17) is 21.1 Å². The predicted molar refractivity (Wildman–Crippen MR) is 110 cm³/mol. The number of hydrogen-bond acceptors (Lipinski definition) is 4. The third kappa shape index (κ3) is 3.86. The number of allylic oxidation sites excluding steroid dienone is 1. The molecule has 0 fully saturated rings. The highest BCUT2D eigenvalue weighted by Gasteiger charge is 2.28. The fourth-order valence-electron chi connectivity index (χ4n) is 2.69. The second kappa shape index (κ2) is 7.62. The summed E-state index contributed by atoms with van der Waals surface area (Å²) in [6.45, 7) is 0. The number of hydrogen-bond donors (Lipinski definition) is 0. The van der Waals surface area contributed by atoms with Crippen molar-refractivity contribution in [1.82, 2.24) is 0 Å². The Bertz CT molecular complexity index is 1100. The van der Waals surface area contributed by atoms with Gasteiger partial charge in [0.1, 0.15) is 11.5 Å². The summed E-state index contributed by atoms with van der Waals surface area (Å²) in [4.78, 5) is 24.8. The Kier molecular flexibility index (Phi) is 5.03. The van der Waals surface area contributed by atoms with Crippen LogP contribution in [0.15, 0.2) is 77.0 Å². The van der Waals surface area contributed by atoms with Crippen molar-refractivity contribution in [1.29, 1.82) is 0 Å². The number of Topliss-reactive ketones (excluding diaryl/α,β-unsaturated/α-hetero) is 1. The van der Waals surface area contributed by atoms with Crippen molar-refractivity contribution in [2.75, 3.05) is 0 Å². The van der Waals surface area contributed by atoms with E-state index >= 15 is 0 Å². The molecule has 138 valence electrons. The molecule has 6 heteroatoms. The lowest BCUT2D eigenvalue weighted by molar-refractivity contribution is 0.0734. The maximum absolute atomic E-state index is 12.5. The van der Waals surface area contributed by atoms with Crippen LogP contribution >= 0.6 is 27.5 Å². The molecule has 0 unspecified atom stereocenters. The van der Waals surface area contributed by atoms with Crippen molar-refractivity contribution >= 4 is 45.4 Å². The summed E-state index contributed by atoms with van der Waals surface area (Å²) in [6, 6.07) is 18.6. The number of ketones is 1. The van der Waals surface area contributed by atoms with Gasteiger partial charge in [-0.15, -0.1) is 0 Å². The highest BCUT2D eigenvalue weighted by molar-refractivity contribution is 9.10. The van der Waals surface area contributed by atoms with Crippen molar-refractivity contribution < 1.29 is 19.1 Å². The Balaban J connectivity index is 1.54. The van der Waals surface area contributed by atoms with E-state index in [-0.39, 0.29) is 11.5 Å². The quantitative estimate of drug-likeness (QED) is 0.279. The van der Waals surface area contributed by atoms with Crippen molar-refractivity contribution in [3.63, 3.8) is 0 Å². The van der Waals surface area contributed by atoms with Crippen LogP contribution in [0.2, 0.25) is 5.02 Å². The smallest absolute Gasteiger partial charge is 0.343 e. The van der Waals surface area contributed by atoms with Crippen LogP contribution in [-0.2, 0) is 0 Å². The van der Waals surface area contributed by atoms with Crippen LogP contribution in [0.1, 0.15) is 26.3 Å². The summed E-state index contributed by atoms with van der Waals surface area (Å²) in [7, 11) is 0. The predicted octanol–water partition coefficient (Wildman–Crippen LogP) is 5.94. The summed E-state index contributed by atoms with van der Waals surface area (Å²) in [5.41, 5.74) is 1.63. The van der Waals surface area contributed by atoms with Crippen molar-refractivity contribution in [2.45, 2.75) is 0 Å². The molecule has 0 saturated carbocycles. The zero-order valence-electron chi connectivity index (χ0n) is 14.3. The van der Waals surface area contributed by atoms with E-state index in [1.54, 1.807) is 66.7 Å². The molecule has 0 spiro atoms. The van der Waals surface area contributed by atoms with Crippen LogP contribution in [0.4, 0.5) is 0 Å². The van der Waals surface area contributed by atoms with Gasteiger partial charge in [0.15, 0.2) is 5.76 Å². The fraction of sp³-hybridized carbons (Fsp3) is 0. The number of benzene rings is 3. The van der Waals surface area contributed by atoms with Gasteiger partial charge < -0.3 is 9.47 Å². The topological polar surface area (TPSA) is 52.6 Å². The Morgan fingerprint density at radius 3 is 2.43 bits per heavy atom. The first-order chi connectivity index (χ1) is 13.5. The highest BCUT2D eigenvalue weighted by atomic mass is 79.9. The first-order valence-corrected chi connectivity index (χ1v) is 9.48. The van der Waals surface area contributed by atoms with Crippen LogP contribution in [0, 0.1) is 0 Å². The minimum absolute atomic E-state index is 0.203. The van der Waals surface area contributed by atoms with Gasteiger partial charge >= 0.3 is 5.97 Å². The molecule has 0 aliphatic carbocycles. The third-order valence-electron chi connectivity index (χ3n) is 4.10. The Hall–Kier alpha value is -2.89. The van der Waals surface area contributed by atoms with E-state index in [9.17, 15) is 9.59 Å². The molecular weight excluding hydrogens is 444 g/mol. The largest absolute Gasteiger partial charge is 0.452 e. The van der Waals surface area contributed by atoms with Gasteiger partial charge in [0.05, 0.1) is 11.1 Å². The van der Waals surface area contributed by atoms with E-state index in [0.29, 0.717) is 27.6 Å². The summed E-state index contributed by atoms with van der Waals surface area (Å²) >= 11 is 9.20. The number of carbonyl (C=O) groups is 2. The number of fused-ring (bicyclic) bond motifs is 1. The maximum Gasteiger partial charge on any atom is 0.343 e. The summed E-state index contributed by atoms with van der Waals surface area (Å²) in [5.74, 6) is 0.136. The molecule has 4 rings (SSSR count). The molecule has 1 aliphatic heterocycles. The zero-order chi connectivity index (χ0) is 19.7. The second-order valence-electron chi connectivity index (χ2n) is 6.05. The standard InChI is InChI=1S/C22H12BrClO4/c23-15-5-3-14(4-6-15)22(26)27-17-9-10-18-19(12-17)28-20(21(18)25)11-13-1-7-16(24)8-2-13/h1-12H. The Morgan fingerprint density at radius 2 is 1.71 bits per heavy atom. The lowest BCUT2D eigenvalue weighted by Gasteiger charge is -2.06. The van der Waals surface area contributed by atoms with Gasteiger partial charge in [-0.1, -0.05) is 39.7 Å². The Labute approximate surface area is 174 Å². The summed E-state index contributed by atoms with van der Waals surface area (Å²) in [5, 5.41) is 0.612. The van der Waals surface area contributed by atoms with Gasteiger partial charge in [0.25, 0.3) is 0 Å². The molecule has 0 atom stereocenters. The molecule has 0 N–H and O–H groups in total. The van der Waals surface area contributed by atoms with Crippen molar-refractivity contribution in [3.05, 3.63) is 98.7 Å². The molecule has 0 radical (unpaired) electrons. The number of rotatable bonds is 3. The monoisotopic (exact) mass is 454 g/mol. The number of carbonyl (C=O) groups excluding carboxylic acids is 2. The van der Waals surface area contributed by atoms with E-state index in [2.05, 4.69) is 15.9 Å². The highest BCUT2D eigenvalue weighted by Crippen LogP contribution is 2.35. The minimum Gasteiger partial charge on any atom is -0.452 e. The molecule has 3 aromatic carbocycles. The van der Waals surface area contributed by atoms with E-state index in [1.165, 1.54) is 6.07 Å². The second-order valence-corrected chi connectivity index (χ2v) is 7.40. The molecule has 0 saturated heterocycles. The van der Waals surface area contributed by atoms with Crippen molar-refractivity contribution in [3.8, 4) is 11.5 Å². The minimum atomic E-state index is -0.492. The van der Waals surface area contributed by atoms with E-state index < -0.39 is 5.97 Å². The summed E-state index contributed by atoms with van der Waals surface area (Å²) in [6.07, 6.45) is 1.65. The van der Waals surface area contributed by atoms with Gasteiger partial charge in [-0.05, 0) is 60.2 Å². The Morgan fingerprint density at radius 1 is 1.00 bits per heavy atom. The van der Waals surface area contributed by atoms with Gasteiger partial charge in [0.2, 0.25) is 5.78 Å². The molecule has 1 aliphatic rings. The average Bonchev–Trinajstić information content (AvgIpc) is 2.99. The lowest BCUT2D eigenvalue weighted by atomic mass is 10.1. The summed E-state index contributed by atoms with van der Waals surface area (Å²) < 4.78 is 11.9. The number of esters is 1. The first kappa shape index (κ1) is 18.5. The molecule has 0 bridgehead atoms. The van der Waals surface area contributed by atoms with Crippen LogP contribution < -0.4 is 9.47 Å². The molecule has 1 heterocycles. The van der Waals surface area contributed by atoms with Crippen LogP contribution in [0.5, 0.6) is 11.5 Å². The molecular formula is C22H12BrClO4. The number of ether oxygens (including phenoxy) is 2. The van der Waals surface area contributed by atoms with Gasteiger partial charge in [-0.3, -0.25) is 4.79 Å². The SMILES string of the molecule is O=C(Oc1ccc2c(c1)OC(=Cc1ccc(Cl)cc1)C2=O)c1ccc(Br)cc1. The van der Waals surface area contributed by atoms with Gasteiger partial charge in [-0.2, -0.15) is 0 Å². The fourth-order valence-corrected chi connectivity index (χ4v) is 3.08. The third-order valence-corrected chi connectivity index (χ3v) is 4.88. The van der Waals surface area contributed by atoms with Crippen LogP contribution in [0.25, 0.3) is 6.08 Å². The first-order valence-electron chi connectivity index (χ1n) is 8.31. The van der Waals surface area contributed by atoms with Crippen LogP contribution in [-0.4, -0.2) is 11.8 Å². The van der Waals surface area contributed by atoms with E-state index in [0.717, 1.165) is 10.0 Å². The van der Waals surface area contributed by atoms with Gasteiger partial charge in [0, 0.05) is 15.6 Å². The maximum atomic E-state index is 12.5. The van der Waals surface area contributed by atoms with Crippen molar-refractivity contribution in [2.24, 2.45) is 0 Å². The lowest BCUT2D eigenvalue weighted by Crippen LogP contribution is -2.08. The van der Waals surface area contributed by atoms with Crippen LogP contribution in [0.3, 0.4) is 0 Å². The number of halogens is 2. The molecule has 28 heavy (non-hydrogen) atoms. The zero-order valence-corrected chi connectivity index (χ0v) is 16.7. The molecule has 3 aromatic rings. The van der Waals surface area contributed by atoms with Gasteiger partial charge in [-0.25, -0.2) is 4.79 Å². The molecule has 4 nitrogen and oxygen atoms in total. The van der Waals surface area contributed by atoms with E-state index in [1.807, 2.05) is 0 Å². The normalized spacial score (nSPS) is 13.9. The molecule has 0 amide bonds. The average molecular weight is 456 g/mol.